The number of H-pyrrole nitrogens is 2. The summed E-state index contributed by atoms with van der Waals surface area (Å²) in [5.41, 5.74) is 0.303. The number of rotatable bonds is 3. The zero-order chi connectivity index (χ0) is 13.8. The molecule has 2 aromatic rings. The number of alkyl halides is 1. The topological polar surface area (TPSA) is 83.5 Å². The van der Waals surface area contributed by atoms with Crippen LogP contribution in [0.2, 0.25) is 6.32 Å². The Bertz CT molecular complexity index is 765. The summed E-state index contributed by atoms with van der Waals surface area (Å²) in [5.74, 6) is 5.88. The van der Waals surface area contributed by atoms with E-state index < -0.39 is 11.2 Å². The Hall–Kier alpha value is -1.75. The number of aromatic amines is 2. The van der Waals surface area contributed by atoms with Crippen LogP contribution in [0.4, 0.5) is 0 Å². The Balaban J connectivity index is 2.23. The largest absolute Gasteiger partial charge is 0.345 e. The number of aromatic nitrogens is 4. The second-order valence-corrected chi connectivity index (χ2v) is 4.43. The van der Waals surface area contributed by atoms with Crippen LogP contribution in [0.15, 0.2) is 9.59 Å². The molecule has 19 heavy (non-hydrogen) atoms. The van der Waals surface area contributed by atoms with Crippen LogP contribution in [-0.4, -0.2) is 32.1 Å². The van der Waals surface area contributed by atoms with Gasteiger partial charge in [-0.05, 0) is 0 Å². The number of hydrogen-bond donors (Lipinski definition) is 2. The monoisotopic (exact) mass is 321 g/mol. The van der Waals surface area contributed by atoms with Crippen LogP contribution < -0.4 is 17.0 Å². The summed E-state index contributed by atoms with van der Waals surface area (Å²) >= 11 is 3.22. The lowest BCUT2D eigenvalue weighted by molar-refractivity contribution is 0.833. The normalized spacial score (nSPS) is 10.2. The van der Waals surface area contributed by atoms with E-state index in [1.807, 2.05) is 7.28 Å². The van der Waals surface area contributed by atoms with Gasteiger partial charge in [0.1, 0.15) is 5.52 Å². The molecule has 1 radical (unpaired) electrons. The molecule has 0 fully saturated rings. The summed E-state index contributed by atoms with van der Waals surface area (Å²) in [4.78, 5) is 32.4. The third-order valence-corrected chi connectivity index (χ3v) is 2.85. The van der Waals surface area contributed by atoms with Gasteiger partial charge in [-0.25, -0.2) is 9.78 Å². The third kappa shape index (κ3) is 2.99. The molecule has 0 aliphatic heterocycles. The second-order valence-electron chi connectivity index (χ2n) is 3.87. The molecular weight excluding hydrogens is 311 g/mol. The predicted octanol–water partition coefficient (Wildman–Crippen LogP) is -0.514. The van der Waals surface area contributed by atoms with E-state index in [2.05, 4.69) is 42.7 Å². The van der Waals surface area contributed by atoms with Gasteiger partial charge < -0.3 is 4.98 Å². The molecule has 6 nitrogen and oxygen atoms in total. The highest BCUT2D eigenvalue weighted by atomic mass is 79.9. The molecule has 2 heterocycles. The summed E-state index contributed by atoms with van der Waals surface area (Å²) in [6.07, 6.45) is 1.45. The van der Waals surface area contributed by atoms with Crippen molar-refractivity contribution in [3.05, 3.63) is 20.8 Å². The Morgan fingerprint density at radius 2 is 2.16 bits per heavy atom. The summed E-state index contributed by atoms with van der Waals surface area (Å²) in [6.45, 7) is 0. The highest BCUT2D eigenvalue weighted by Crippen LogP contribution is 1.97. The van der Waals surface area contributed by atoms with Crippen LogP contribution in [0.1, 0.15) is 6.42 Å². The third-order valence-electron chi connectivity index (χ3n) is 2.57. The van der Waals surface area contributed by atoms with Crippen molar-refractivity contribution in [2.45, 2.75) is 12.7 Å². The fraction of sp³-hybridized carbons (Fsp3) is 0.364. The molecule has 0 saturated heterocycles. The van der Waals surface area contributed by atoms with Crippen molar-refractivity contribution >= 4 is 40.1 Å². The minimum absolute atomic E-state index is 0.305. The zero-order valence-electron chi connectivity index (χ0n) is 10.3. The van der Waals surface area contributed by atoms with E-state index in [1.54, 1.807) is 7.05 Å². The predicted molar refractivity (Wildman–Crippen MR) is 78.3 cm³/mol. The molecule has 0 aromatic carbocycles. The molecular formula is C11H11BBrN4O2. The van der Waals surface area contributed by atoms with Gasteiger partial charge in [-0.15, -0.1) is 5.92 Å². The standard InChI is InChI=1S/C11H11BBrN4O2/c1-17-8-7(9(18)16-11(17)19)14-10(15-8)12-5-3-2-4-6-13/h3,5-6H2,1H3,(H,14,15)(H,16,18,19). The van der Waals surface area contributed by atoms with Crippen molar-refractivity contribution in [1.29, 1.82) is 0 Å². The van der Waals surface area contributed by atoms with E-state index in [0.717, 1.165) is 12.7 Å². The highest BCUT2D eigenvalue weighted by molar-refractivity contribution is 9.09. The van der Waals surface area contributed by atoms with E-state index >= 15 is 0 Å². The summed E-state index contributed by atoms with van der Waals surface area (Å²) in [6, 6.07) is 0. The number of aryl methyl sites for hydroxylation is 1. The zero-order valence-corrected chi connectivity index (χ0v) is 11.9. The number of hydrogen-bond acceptors (Lipinski definition) is 3. The van der Waals surface area contributed by atoms with Crippen LogP contribution in [0.5, 0.6) is 0 Å². The fourth-order valence-corrected chi connectivity index (χ4v) is 1.83. The van der Waals surface area contributed by atoms with Gasteiger partial charge in [0.25, 0.3) is 5.56 Å². The molecule has 0 aliphatic carbocycles. The summed E-state index contributed by atoms with van der Waals surface area (Å²) < 4.78 is 1.30. The lowest BCUT2D eigenvalue weighted by Crippen LogP contribution is -2.28. The average molecular weight is 322 g/mol. The average Bonchev–Trinajstić information content (AvgIpc) is 2.81. The van der Waals surface area contributed by atoms with Gasteiger partial charge in [-0.2, -0.15) is 0 Å². The van der Waals surface area contributed by atoms with Gasteiger partial charge in [0.2, 0.25) is 7.28 Å². The molecule has 0 aliphatic rings. The first-order valence-electron chi connectivity index (χ1n) is 5.67. The maximum absolute atomic E-state index is 11.6. The smallest absolute Gasteiger partial charge is 0.329 e. The lowest BCUT2D eigenvalue weighted by Gasteiger charge is -1.94. The number of imidazole rings is 1. The SMILES string of the molecule is Cn1c(=O)[nH]c(=O)c2[nH]c([B]CCC#CCBr)nc21. The van der Waals surface area contributed by atoms with Gasteiger partial charge in [-0.1, -0.05) is 28.2 Å². The Kier molecular flexibility index (Phi) is 4.27. The highest BCUT2D eigenvalue weighted by Gasteiger charge is 2.10. The Morgan fingerprint density at radius 3 is 2.89 bits per heavy atom. The van der Waals surface area contributed by atoms with E-state index in [0.29, 0.717) is 22.2 Å². The van der Waals surface area contributed by atoms with Crippen molar-refractivity contribution in [3.63, 3.8) is 0 Å². The maximum Gasteiger partial charge on any atom is 0.329 e. The molecule has 0 spiro atoms. The van der Waals surface area contributed by atoms with Gasteiger partial charge in [0.15, 0.2) is 5.65 Å². The van der Waals surface area contributed by atoms with Gasteiger partial charge in [0, 0.05) is 13.5 Å². The first-order chi connectivity index (χ1) is 9.13. The van der Waals surface area contributed by atoms with Crippen molar-refractivity contribution in [2.75, 3.05) is 5.33 Å². The Labute approximate surface area is 118 Å². The number of fused-ring (bicyclic) bond motifs is 1. The van der Waals surface area contributed by atoms with Crippen LogP contribution >= 0.6 is 15.9 Å². The molecule has 2 rings (SSSR count). The molecule has 0 amide bonds. The van der Waals surface area contributed by atoms with Crippen LogP contribution in [0, 0.1) is 11.8 Å². The fourth-order valence-electron chi connectivity index (χ4n) is 1.64. The van der Waals surface area contributed by atoms with Crippen molar-refractivity contribution in [1.82, 2.24) is 19.5 Å². The Morgan fingerprint density at radius 1 is 1.37 bits per heavy atom. The van der Waals surface area contributed by atoms with E-state index in [4.69, 9.17) is 0 Å². The quantitative estimate of drug-likeness (QED) is 0.345. The van der Waals surface area contributed by atoms with Gasteiger partial charge >= 0.3 is 5.69 Å². The van der Waals surface area contributed by atoms with Crippen LogP contribution in [0.25, 0.3) is 11.2 Å². The minimum atomic E-state index is -0.473. The van der Waals surface area contributed by atoms with E-state index in [-0.39, 0.29) is 0 Å². The molecule has 2 aromatic heterocycles. The molecule has 0 unspecified atom stereocenters. The molecule has 0 saturated carbocycles. The number of halogens is 1. The second kappa shape index (κ2) is 5.93. The molecule has 0 atom stereocenters. The molecule has 97 valence electrons. The first kappa shape index (κ1) is 13.7. The van der Waals surface area contributed by atoms with E-state index in [9.17, 15) is 9.59 Å². The summed E-state index contributed by atoms with van der Waals surface area (Å²) in [5, 5.41) is 0.662. The number of nitrogens with one attached hydrogen (secondary N) is 2. The summed E-state index contributed by atoms with van der Waals surface area (Å²) in [7, 11) is 3.42. The molecule has 8 heteroatoms. The van der Waals surface area contributed by atoms with Crippen molar-refractivity contribution in [2.24, 2.45) is 7.05 Å². The lowest BCUT2D eigenvalue weighted by atomic mass is 9.73. The van der Waals surface area contributed by atoms with Crippen LogP contribution in [0.3, 0.4) is 0 Å². The van der Waals surface area contributed by atoms with E-state index in [1.165, 1.54) is 4.57 Å². The van der Waals surface area contributed by atoms with Crippen molar-refractivity contribution < 1.29 is 0 Å². The maximum atomic E-state index is 11.6. The van der Waals surface area contributed by atoms with Gasteiger partial charge in [-0.3, -0.25) is 14.3 Å². The number of nitrogens with zero attached hydrogens (tertiary/aromatic N) is 2. The molecule has 2 N–H and O–H groups in total. The first-order valence-corrected chi connectivity index (χ1v) is 6.79. The van der Waals surface area contributed by atoms with Crippen LogP contribution in [-0.2, 0) is 7.05 Å². The van der Waals surface area contributed by atoms with Crippen molar-refractivity contribution in [3.8, 4) is 11.8 Å². The minimum Gasteiger partial charge on any atom is -0.345 e. The molecule has 0 bridgehead atoms. The van der Waals surface area contributed by atoms with Gasteiger partial charge in [0.05, 0.1) is 11.1 Å².